The van der Waals surface area contributed by atoms with E-state index in [1.165, 1.54) is 11.1 Å². The first-order valence-electron chi connectivity index (χ1n) is 11.2. The average Bonchev–Trinajstić information content (AvgIpc) is 2.98. The fraction of sp³-hybridized carbons (Fsp3) is 0.440. The Morgan fingerprint density at radius 3 is 2.32 bits per heavy atom. The van der Waals surface area contributed by atoms with Crippen LogP contribution in [0, 0.1) is 0 Å². The highest BCUT2D eigenvalue weighted by molar-refractivity contribution is 6.06. The van der Waals surface area contributed by atoms with Gasteiger partial charge in [0.25, 0.3) is 0 Å². The van der Waals surface area contributed by atoms with Crippen molar-refractivity contribution in [2.45, 2.75) is 45.6 Å². The molecule has 164 valence electrons. The molecule has 0 radical (unpaired) electrons. The molecule has 6 heteroatoms. The van der Waals surface area contributed by atoms with Gasteiger partial charge >= 0.3 is 12.0 Å². The number of ether oxygens (including phenoxy) is 1. The highest BCUT2D eigenvalue weighted by Gasteiger charge is 2.31. The highest BCUT2D eigenvalue weighted by Crippen LogP contribution is 2.28. The summed E-state index contributed by atoms with van der Waals surface area (Å²) in [4.78, 5) is 28.6. The lowest BCUT2D eigenvalue weighted by Crippen LogP contribution is -2.31. The van der Waals surface area contributed by atoms with E-state index in [9.17, 15) is 9.59 Å². The van der Waals surface area contributed by atoms with E-state index in [0.29, 0.717) is 25.9 Å². The molecule has 6 nitrogen and oxygen atoms in total. The summed E-state index contributed by atoms with van der Waals surface area (Å²) in [6.45, 7) is 7.05. The summed E-state index contributed by atoms with van der Waals surface area (Å²) in [5.41, 5.74) is 5.65. The van der Waals surface area contributed by atoms with Crippen molar-refractivity contribution in [2.24, 2.45) is 0 Å². The number of anilines is 2. The van der Waals surface area contributed by atoms with Crippen LogP contribution in [0.3, 0.4) is 0 Å². The number of esters is 1. The second kappa shape index (κ2) is 9.52. The molecule has 2 heterocycles. The van der Waals surface area contributed by atoms with Crippen LogP contribution in [0.4, 0.5) is 16.2 Å². The minimum atomic E-state index is -0.180. The number of hydrogen-bond acceptors (Lipinski definition) is 4. The third-order valence-corrected chi connectivity index (χ3v) is 5.89. The van der Waals surface area contributed by atoms with Crippen molar-refractivity contribution in [3.63, 3.8) is 0 Å². The van der Waals surface area contributed by atoms with Gasteiger partial charge in [-0.05, 0) is 87.2 Å². The zero-order valence-electron chi connectivity index (χ0n) is 18.4. The van der Waals surface area contributed by atoms with E-state index in [4.69, 9.17) is 4.74 Å². The first-order chi connectivity index (χ1) is 15.0. The first-order valence-corrected chi connectivity index (χ1v) is 11.2. The lowest BCUT2D eigenvalue weighted by Gasteiger charge is -2.20. The van der Waals surface area contributed by atoms with Gasteiger partial charge in [0.05, 0.1) is 6.10 Å². The van der Waals surface area contributed by atoms with Crippen LogP contribution in [0.2, 0.25) is 0 Å². The molecule has 0 saturated carbocycles. The lowest BCUT2D eigenvalue weighted by atomic mass is 10.0. The van der Waals surface area contributed by atoms with Crippen molar-refractivity contribution in [1.82, 2.24) is 5.32 Å². The van der Waals surface area contributed by atoms with Gasteiger partial charge in [-0.15, -0.1) is 0 Å². The van der Waals surface area contributed by atoms with Gasteiger partial charge in [-0.3, -0.25) is 14.6 Å². The number of rotatable bonds is 6. The van der Waals surface area contributed by atoms with Crippen LogP contribution in [0.25, 0.3) is 0 Å². The molecular weight excluding hydrogens is 390 g/mol. The molecule has 0 atom stereocenters. The van der Waals surface area contributed by atoms with E-state index in [1.54, 1.807) is 0 Å². The van der Waals surface area contributed by atoms with Crippen LogP contribution in [0.5, 0.6) is 0 Å². The summed E-state index contributed by atoms with van der Waals surface area (Å²) >= 11 is 0. The van der Waals surface area contributed by atoms with Crippen molar-refractivity contribution < 1.29 is 14.3 Å². The molecule has 1 saturated heterocycles. The van der Waals surface area contributed by atoms with Crippen molar-refractivity contribution in [3.05, 3.63) is 59.2 Å². The van der Waals surface area contributed by atoms with Crippen LogP contribution < -0.4 is 15.1 Å². The summed E-state index contributed by atoms with van der Waals surface area (Å²) < 4.78 is 5.19. The van der Waals surface area contributed by atoms with Crippen LogP contribution in [-0.2, 0) is 28.8 Å². The number of carbonyl (C=O) groups excluding carboxylic acids is 2. The normalized spacial score (nSPS) is 16.4. The fourth-order valence-corrected chi connectivity index (χ4v) is 4.25. The summed E-state index contributed by atoms with van der Waals surface area (Å²) in [5, 5.41) is 3.43. The van der Waals surface area contributed by atoms with Gasteiger partial charge in [0.2, 0.25) is 0 Å². The maximum absolute atomic E-state index is 13.1. The molecule has 1 N–H and O–H groups in total. The molecule has 31 heavy (non-hydrogen) atoms. The molecule has 1 fully saturated rings. The largest absolute Gasteiger partial charge is 0.463 e. The van der Waals surface area contributed by atoms with Crippen LogP contribution in [0.15, 0.2) is 42.5 Å². The number of amides is 2. The van der Waals surface area contributed by atoms with Gasteiger partial charge in [-0.25, -0.2) is 4.79 Å². The van der Waals surface area contributed by atoms with Crippen LogP contribution in [-0.4, -0.2) is 44.3 Å². The molecule has 4 rings (SSSR count). The minimum absolute atomic E-state index is 0.0139. The molecule has 0 spiro atoms. The molecule has 0 aliphatic carbocycles. The molecule has 2 aromatic carbocycles. The highest BCUT2D eigenvalue weighted by atomic mass is 16.5. The van der Waals surface area contributed by atoms with E-state index < -0.39 is 0 Å². The van der Waals surface area contributed by atoms with E-state index in [2.05, 4.69) is 23.5 Å². The number of benzene rings is 2. The average molecular weight is 422 g/mol. The summed E-state index contributed by atoms with van der Waals surface area (Å²) in [6, 6.07) is 14.4. The Morgan fingerprint density at radius 2 is 1.61 bits per heavy atom. The molecule has 0 bridgehead atoms. The number of fused-ring (bicyclic) bond motifs is 1. The van der Waals surface area contributed by atoms with E-state index in [-0.39, 0.29) is 18.1 Å². The summed E-state index contributed by atoms with van der Waals surface area (Å²) in [6.07, 6.45) is 2.95. The second-order valence-electron chi connectivity index (χ2n) is 8.49. The van der Waals surface area contributed by atoms with Crippen LogP contribution >= 0.6 is 0 Å². The SMILES string of the molecule is CC(C)OC(=O)CCc1ccc(N2CCN(c3ccc4c(c3)CCNCC4)C2=O)cc1. The van der Waals surface area contributed by atoms with Gasteiger partial charge in [0.15, 0.2) is 0 Å². The zero-order chi connectivity index (χ0) is 21.8. The van der Waals surface area contributed by atoms with Gasteiger partial charge < -0.3 is 10.1 Å². The van der Waals surface area contributed by atoms with Crippen molar-refractivity contribution in [2.75, 3.05) is 36.0 Å². The molecule has 2 aromatic rings. The van der Waals surface area contributed by atoms with Gasteiger partial charge in [0, 0.05) is 30.9 Å². The maximum Gasteiger partial charge on any atom is 0.329 e. The monoisotopic (exact) mass is 421 g/mol. The van der Waals surface area contributed by atoms with Gasteiger partial charge in [-0.2, -0.15) is 0 Å². The van der Waals surface area contributed by atoms with Crippen LogP contribution in [0.1, 0.15) is 37.0 Å². The van der Waals surface area contributed by atoms with Crippen molar-refractivity contribution in [1.29, 1.82) is 0 Å². The third-order valence-electron chi connectivity index (χ3n) is 5.89. The Labute approximate surface area is 184 Å². The Morgan fingerprint density at radius 1 is 0.968 bits per heavy atom. The van der Waals surface area contributed by atoms with E-state index >= 15 is 0 Å². The van der Waals surface area contributed by atoms with Crippen molar-refractivity contribution in [3.8, 4) is 0 Å². The predicted octanol–water partition coefficient (Wildman–Crippen LogP) is 3.71. The number of aryl methyl sites for hydroxylation is 1. The Hall–Kier alpha value is -2.86. The van der Waals surface area contributed by atoms with E-state index in [0.717, 1.165) is 42.9 Å². The smallest absolute Gasteiger partial charge is 0.329 e. The standard InChI is InChI=1S/C25H31N3O3/c1-18(2)31-24(29)10-5-19-3-7-22(8-4-19)27-15-16-28(25(27)30)23-9-6-20-11-13-26-14-12-21(20)17-23/h3-4,6-9,17-18,26H,5,10-16H2,1-2H3. The number of nitrogens with zero attached hydrogens (tertiary/aromatic N) is 2. The molecule has 2 aliphatic rings. The second-order valence-corrected chi connectivity index (χ2v) is 8.49. The van der Waals surface area contributed by atoms with Gasteiger partial charge in [-0.1, -0.05) is 18.2 Å². The third kappa shape index (κ3) is 5.07. The number of urea groups is 1. The molecule has 0 unspecified atom stereocenters. The van der Waals surface area contributed by atoms with E-state index in [1.807, 2.05) is 47.9 Å². The number of nitrogens with one attached hydrogen (secondary N) is 1. The molecular formula is C25H31N3O3. The lowest BCUT2D eigenvalue weighted by molar-refractivity contribution is -0.147. The summed E-state index contributed by atoms with van der Waals surface area (Å²) in [7, 11) is 0. The molecule has 0 aromatic heterocycles. The molecule has 2 aliphatic heterocycles. The zero-order valence-corrected chi connectivity index (χ0v) is 18.4. The number of hydrogen-bond donors (Lipinski definition) is 1. The quantitative estimate of drug-likeness (QED) is 0.723. The number of carbonyl (C=O) groups is 2. The minimum Gasteiger partial charge on any atom is -0.463 e. The van der Waals surface area contributed by atoms with Gasteiger partial charge in [0.1, 0.15) is 0 Å². The maximum atomic E-state index is 13.1. The Kier molecular flexibility index (Phi) is 6.56. The topological polar surface area (TPSA) is 61.9 Å². The Bertz CT molecular complexity index is 940. The first kappa shape index (κ1) is 21.4. The Balaban J connectivity index is 1.40. The summed E-state index contributed by atoms with van der Waals surface area (Å²) in [5.74, 6) is -0.180. The predicted molar refractivity (Wildman–Crippen MR) is 123 cm³/mol. The fourth-order valence-electron chi connectivity index (χ4n) is 4.25. The van der Waals surface area contributed by atoms with Crippen molar-refractivity contribution >= 4 is 23.4 Å². The molecule has 2 amide bonds.